The van der Waals surface area contributed by atoms with Gasteiger partial charge in [-0.05, 0) is 36.5 Å². The first-order chi connectivity index (χ1) is 15.9. The fourth-order valence-corrected chi connectivity index (χ4v) is 5.12. The average molecular weight is 467 g/mol. The molecule has 1 aromatic carbocycles. The number of aromatic nitrogens is 2. The highest BCUT2D eigenvalue weighted by molar-refractivity contribution is 7.13. The molecule has 0 amide bonds. The molecule has 1 aliphatic heterocycles. The molecule has 1 aliphatic rings. The fourth-order valence-electron chi connectivity index (χ4n) is 4.46. The van der Waals surface area contributed by atoms with E-state index in [0.29, 0.717) is 6.61 Å². The lowest BCUT2D eigenvalue weighted by Crippen LogP contribution is -2.28. The van der Waals surface area contributed by atoms with Crippen molar-refractivity contribution in [2.75, 3.05) is 6.61 Å². The van der Waals surface area contributed by atoms with Crippen LogP contribution in [0.4, 0.5) is 0 Å². The molecule has 1 unspecified atom stereocenters. The van der Waals surface area contributed by atoms with E-state index in [0.717, 1.165) is 52.4 Å². The first-order valence-corrected chi connectivity index (χ1v) is 12.5. The van der Waals surface area contributed by atoms with Gasteiger partial charge in [0, 0.05) is 35.4 Å². The van der Waals surface area contributed by atoms with Crippen LogP contribution in [0.1, 0.15) is 68.4 Å². The van der Waals surface area contributed by atoms with E-state index in [4.69, 9.17) is 4.74 Å². The van der Waals surface area contributed by atoms with Gasteiger partial charge in [-0.3, -0.25) is 4.79 Å². The molecule has 7 heteroatoms. The number of unbranched alkanes of at least 4 members (excludes halogenated alkanes) is 3. The van der Waals surface area contributed by atoms with E-state index in [2.05, 4.69) is 37.9 Å². The Morgan fingerprint density at radius 3 is 2.73 bits per heavy atom. The van der Waals surface area contributed by atoms with Gasteiger partial charge < -0.3 is 14.4 Å². The number of carboxylic acids is 1. The van der Waals surface area contributed by atoms with E-state index < -0.39 is 11.4 Å². The van der Waals surface area contributed by atoms with Gasteiger partial charge in [-0.1, -0.05) is 40.0 Å². The van der Waals surface area contributed by atoms with Gasteiger partial charge in [0.25, 0.3) is 0 Å². The second kappa shape index (κ2) is 9.91. The molecule has 3 heterocycles. The zero-order valence-corrected chi connectivity index (χ0v) is 20.2. The number of nitrogens with zero attached hydrogens (tertiary/aromatic N) is 2. The van der Waals surface area contributed by atoms with Crippen LogP contribution in [-0.2, 0) is 6.42 Å². The summed E-state index contributed by atoms with van der Waals surface area (Å²) in [4.78, 5) is 28.7. The molecule has 33 heavy (non-hydrogen) atoms. The van der Waals surface area contributed by atoms with Crippen LogP contribution in [0.25, 0.3) is 21.8 Å². The van der Waals surface area contributed by atoms with Crippen molar-refractivity contribution in [1.82, 2.24) is 9.55 Å². The Balaban J connectivity index is 1.82. The number of carbonyl (C=O) groups is 1. The van der Waals surface area contributed by atoms with E-state index in [1.165, 1.54) is 25.1 Å². The summed E-state index contributed by atoms with van der Waals surface area (Å²) in [6, 6.07) is 5.67. The Bertz CT molecular complexity index is 1200. The number of thiazole rings is 1. The lowest BCUT2D eigenvalue weighted by molar-refractivity contribution is 0.0694. The van der Waals surface area contributed by atoms with Gasteiger partial charge in [-0.15, -0.1) is 11.3 Å². The molecule has 4 rings (SSSR count). The summed E-state index contributed by atoms with van der Waals surface area (Å²) in [5, 5.41) is 12.3. The highest BCUT2D eigenvalue weighted by atomic mass is 32.1. The van der Waals surface area contributed by atoms with Crippen LogP contribution in [0.5, 0.6) is 5.75 Å². The van der Waals surface area contributed by atoms with E-state index >= 15 is 0 Å². The first kappa shape index (κ1) is 23.2. The standard InChI is InChI=1S/C26H30N2O4S/c1-4-5-6-7-9-32-24-12-17-11-21(16(2)3)28-15-20(26(30)31)23(29)14-22(28)18(17)13-19(24)25-27-8-10-33-25/h8,10,12-16,21H,4-7,9,11H2,1-3H3,(H,30,31). The fraction of sp³-hybridized carbons (Fsp3) is 0.423. The molecule has 0 bridgehead atoms. The minimum Gasteiger partial charge on any atom is -0.493 e. The van der Waals surface area contributed by atoms with Gasteiger partial charge in [-0.2, -0.15) is 0 Å². The Kier molecular flexibility index (Phi) is 6.98. The van der Waals surface area contributed by atoms with Crippen molar-refractivity contribution in [3.8, 4) is 27.6 Å². The SMILES string of the molecule is CCCCCCOc1cc2c(cc1-c1nccs1)-c1cc(=O)c(C(=O)O)cn1C(C(C)C)C2. The number of aromatic carboxylic acids is 1. The summed E-state index contributed by atoms with van der Waals surface area (Å²) in [5.41, 5.74) is 3.03. The highest BCUT2D eigenvalue weighted by Gasteiger charge is 2.29. The Hall–Kier alpha value is -2.93. The molecular formula is C26H30N2O4S. The van der Waals surface area contributed by atoms with Crippen LogP contribution in [0.2, 0.25) is 0 Å². The minimum absolute atomic E-state index is 0.0503. The number of benzene rings is 1. The Morgan fingerprint density at radius 1 is 1.24 bits per heavy atom. The van der Waals surface area contributed by atoms with Gasteiger partial charge >= 0.3 is 5.97 Å². The molecule has 0 saturated heterocycles. The van der Waals surface area contributed by atoms with Gasteiger partial charge in [0.2, 0.25) is 0 Å². The summed E-state index contributed by atoms with van der Waals surface area (Å²) in [6.07, 6.45) is 8.56. The minimum atomic E-state index is -1.20. The van der Waals surface area contributed by atoms with Crippen LogP contribution in [0, 0.1) is 5.92 Å². The van der Waals surface area contributed by atoms with Crippen molar-refractivity contribution < 1.29 is 14.6 Å². The molecule has 2 aromatic heterocycles. The smallest absolute Gasteiger partial charge is 0.341 e. The highest BCUT2D eigenvalue weighted by Crippen LogP contribution is 2.43. The molecule has 0 spiro atoms. The van der Waals surface area contributed by atoms with Crippen molar-refractivity contribution in [3.63, 3.8) is 0 Å². The summed E-state index contributed by atoms with van der Waals surface area (Å²) >= 11 is 1.55. The number of rotatable bonds is 9. The van der Waals surface area contributed by atoms with Crippen molar-refractivity contribution in [3.05, 3.63) is 57.3 Å². The molecule has 0 fully saturated rings. The normalized spacial score (nSPS) is 14.7. The maximum Gasteiger partial charge on any atom is 0.341 e. The molecule has 0 radical (unpaired) electrons. The molecule has 1 atom stereocenters. The number of fused-ring (bicyclic) bond motifs is 3. The monoisotopic (exact) mass is 466 g/mol. The summed E-state index contributed by atoms with van der Waals surface area (Å²) in [5.74, 6) is -0.113. The maximum atomic E-state index is 12.6. The number of ether oxygens (including phenoxy) is 1. The maximum absolute atomic E-state index is 12.6. The van der Waals surface area contributed by atoms with Gasteiger partial charge in [0.1, 0.15) is 16.3 Å². The predicted octanol–water partition coefficient (Wildman–Crippen LogP) is 6.05. The van der Waals surface area contributed by atoms with Crippen molar-refractivity contribution in [1.29, 1.82) is 0 Å². The Morgan fingerprint density at radius 2 is 2.06 bits per heavy atom. The molecule has 1 N–H and O–H groups in total. The van der Waals surface area contributed by atoms with E-state index in [1.807, 2.05) is 9.95 Å². The van der Waals surface area contributed by atoms with Crippen molar-refractivity contribution >= 4 is 17.3 Å². The first-order valence-electron chi connectivity index (χ1n) is 11.6. The molecule has 0 saturated carbocycles. The van der Waals surface area contributed by atoms with Crippen LogP contribution >= 0.6 is 11.3 Å². The molecule has 6 nitrogen and oxygen atoms in total. The third-order valence-electron chi connectivity index (χ3n) is 6.27. The average Bonchev–Trinajstić information content (AvgIpc) is 3.32. The van der Waals surface area contributed by atoms with Crippen LogP contribution in [0.15, 0.2) is 40.8 Å². The van der Waals surface area contributed by atoms with Crippen LogP contribution < -0.4 is 10.2 Å². The van der Waals surface area contributed by atoms with Crippen molar-refractivity contribution in [2.45, 2.75) is 58.9 Å². The summed E-state index contributed by atoms with van der Waals surface area (Å²) in [7, 11) is 0. The summed E-state index contributed by atoms with van der Waals surface area (Å²) in [6.45, 7) is 7.08. The van der Waals surface area contributed by atoms with Crippen LogP contribution in [0.3, 0.4) is 0 Å². The number of pyridine rings is 1. The third kappa shape index (κ3) is 4.74. The predicted molar refractivity (Wildman–Crippen MR) is 131 cm³/mol. The van der Waals surface area contributed by atoms with E-state index in [1.54, 1.807) is 17.5 Å². The van der Waals surface area contributed by atoms with Gasteiger partial charge in [0.05, 0.1) is 17.9 Å². The number of hydrogen-bond donors (Lipinski definition) is 1. The Labute approximate surface area is 197 Å². The number of hydrogen-bond acceptors (Lipinski definition) is 5. The zero-order valence-electron chi connectivity index (χ0n) is 19.3. The second-order valence-corrected chi connectivity index (χ2v) is 9.81. The lowest BCUT2D eigenvalue weighted by Gasteiger charge is -2.34. The van der Waals surface area contributed by atoms with Gasteiger partial charge in [-0.25, -0.2) is 9.78 Å². The van der Waals surface area contributed by atoms with E-state index in [-0.39, 0.29) is 17.5 Å². The second-order valence-electron chi connectivity index (χ2n) is 8.92. The largest absolute Gasteiger partial charge is 0.493 e. The van der Waals surface area contributed by atoms with E-state index in [9.17, 15) is 14.7 Å². The molecule has 174 valence electrons. The van der Waals surface area contributed by atoms with Gasteiger partial charge in [0.15, 0.2) is 5.43 Å². The third-order valence-corrected chi connectivity index (χ3v) is 7.07. The summed E-state index contributed by atoms with van der Waals surface area (Å²) < 4.78 is 8.22. The zero-order chi connectivity index (χ0) is 23.5. The molecular weight excluding hydrogens is 436 g/mol. The van der Waals surface area contributed by atoms with Crippen molar-refractivity contribution in [2.24, 2.45) is 5.92 Å². The topological polar surface area (TPSA) is 81.4 Å². The molecule has 0 aliphatic carbocycles. The number of carboxylic acid groups (broad SMARTS) is 1. The quantitative estimate of drug-likeness (QED) is 0.388. The van der Waals surface area contributed by atoms with Crippen LogP contribution in [-0.4, -0.2) is 27.2 Å². The lowest BCUT2D eigenvalue weighted by atomic mass is 9.86. The molecule has 3 aromatic rings.